The van der Waals surface area contributed by atoms with Gasteiger partial charge in [-0.25, -0.2) is 4.98 Å². The third-order valence-electron chi connectivity index (χ3n) is 5.36. The first-order chi connectivity index (χ1) is 17.0. The molecular formula is C24H30N4O7. The molecule has 0 spiro atoms. The van der Waals surface area contributed by atoms with Crippen molar-refractivity contribution in [2.75, 3.05) is 38.7 Å². The zero-order valence-corrected chi connectivity index (χ0v) is 19.5. The number of rotatable bonds is 13. The van der Waals surface area contributed by atoms with Crippen LogP contribution in [0.3, 0.4) is 0 Å². The van der Waals surface area contributed by atoms with Gasteiger partial charge in [0.05, 0.1) is 18.6 Å². The lowest BCUT2D eigenvalue weighted by atomic mass is 9.93. The number of methoxy groups -OCH3 is 1. The van der Waals surface area contributed by atoms with E-state index < -0.39 is 11.2 Å². The van der Waals surface area contributed by atoms with E-state index in [2.05, 4.69) is 15.6 Å². The maximum Gasteiger partial charge on any atom is 0.287 e. The van der Waals surface area contributed by atoms with Gasteiger partial charge in [-0.3, -0.25) is 14.9 Å². The average Bonchev–Trinajstić information content (AvgIpc) is 2.89. The Labute approximate surface area is 203 Å². The zero-order valence-electron chi connectivity index (χ0n) is 19.5. The number of hydrogen-bond donors (Lipinski definition) is 3. The molecule has 1 aromatic heterocycles. The molecule has 11 nitrogen and oxygen atoms in total. The van der Waals surface area contributed by atoms with Crippen LogP contribution in [0.15, 0.2) is 54.4 Å². The predicted octanol–water partition coefficient (Wildman–Crippen LogP) is 2.73. The maximum absolute atomic E-state index is 12.8. The lowest BCUT2D eigenvalue weighted by Gasteiger charge is -2.29. The fourth-order valence-corrected chi connectivity index (χ4v) is 3.48. The molecule has 0 radical (unpaired) electrons. The lowest BCUT2D eigenvalue weighted by molar-refractivity contribution is -0.385. The molecule has 1 aliphatic heterocycles. The predicted molar refractivity (Wildman–Crippen MR) is 128 cm³/mol. The van der Waals surface area contributed by atoms with Gasteiger partial charge in [0.1, 0.15) is 17.8 Å². The van der Waals surface area contributed by atoms with E-state index in [1.54, 1.807) is 13.2 Å². The highest BCUT2D eigenvalue weighted by Gasteiger charge is 2.28. The molecular weight excluding hydrogens is 456 g/mol. The molecule has 188 valence electrons. The first-order valence-corrected chi connectivity index (χ1v) is 11.4. The van der Waals surface area contributed by atoms with Crippen molar-refractivity contribution in [2.45, 2.75) is 31.5 Å². The summed E-state index contributed by atoms with van der Waals surface area (Å²) in [7, 11) is 1.61. The summed E-state index contributed by atoms with van der Waals surface area (Å²) in [6.07, 6.45) is 4.24. The number of amides is 1. The quantitative estimate of drug-likeness (QED) is 0.221. The number of aliphatic hydroxyl groups excluding tert-OH is 1. The van der Waals surface area contributed by atoms with Crippen LogP contribution in [0.5, 0.6) is 5.75 Å². The molecule has 0 saturated heterocycles. The van der Waals surface area contributed by atoms with E-state index in [0.29, 0.717) is 38.2 Å². The normalized spacial score (nSPS) is 17.1. The third kappa shape index (κ3) is 7.94. The van der Waals surface area contributed by atoms with Gasteiger partial charge in [0.15, 0.2) is 5.76 Å². The van der Waals surface area contributed by atoms with E-state index in [9.17, 15) is 14.9 Å². The Hall–Kier alpha value is -3.70. The van der Waals surface area contributed by atoms with Crippen molar-refractivity contribution >= 4 is 17.4 Å². The minimum Gasteiger partial charge on any atom is -0.497 e. The molecule has 2 atom stereocenters. The van der Waals surface area contributed by atoms with Crippen LogP contribution in [0.1, 0.15) is 30.7 Å². The Kier molecular flexibility index (Phi) is 9.81. The third-order valence-corrected chi connectivity index (χ3v) is 5.36. The standard InChI is InChI=1S/C24H30N4O7/c1-33-20-7-4-17(5-8-20)18-14-21(35-23(15-18)34-13-3-2-12-29)24(30)26-11-10-25-22-9-6-19(16-27-22)28(31)32/h4-9,14,16,18,23,29H,2-3,10-13,15H2,1H3,(H,25,27)(H,26,30)/t18-,23+/m1/s1. The van der Waals surface area contributed by atoms with Crippen molar-refractivity contribution in [1.82, 2.24) is 10.3 Å². The second kappa shape index (κ2) is 13.3. The number of nitrogens with one attached hydrogen (secondary N) is 2. The van der Waals surface area contributed by atoms with Crippen LogP contribution in [0.2, 0.25) is 0 Å². The summed E-state index contributed by atoms with van der Waals surface area (Å²) in [5.41, 5.74) is 0.916. The molecule has 2 heterocycles. The molecule has 0 unspecified atom stereocenters. The average molecular weight is 487 g/mol. The van der Waals surface area contributed by atoms with Crippen LogP contribution < -0.4 is 15.4 Å². The number of nitro groups is 1. The highest BCUT2D eigenvalue weighted by molar-refractivity contribution is 5.91. The topological polar surface area (TPSA) is 145 Å². The SMILES string of the molecule is COc1ccc([C@@H]2C=C(C(=O)NCCNc3ccc([N+](=O)[O-])cn3)O[C@H](OCCCCO)C2)cc1. The van der Waals surface area contributed by atoms with Crippen LogP contribution in [-0.2, 0) is 14.3 Å². The molecule has 11 heteroatoms. The van der Waals surface area contributed by atoms with Gasteiger partial charge < -0.3 is 30.0 Å². The molecule has 1 amide bonds. The summed E-state index contributed by atoms with van der Waals surface area (Å²) in [5.74, 6) is 0.937. The van der Waals surface area contributed by atoms with Crippen molar-refractivity contribution < 1.29 is 29.0 Å². The van der Waals surface area contributed by atoms with Crippen LogP contribution in [0.25, 0.3) is 0 Å². The number of allylic oxidation sites excluding steroid dienone is 1. The van der Waals surface area contributed by atoms with Gasteiger partial charge >= 0.3 is 0 Å². The number of benzene rings is 1. The summed E-state index contributed by atoms with van der Waals surface area (Å²) in [5, 5.41) is 25.5. The molecule has 0 aliphatic carbocycles. The number of aromatic nitrogens is 1. The Bertz CT molecular complexity index is 996. The van der Waals surface area contributed by atoms with E-state index >= 15 is 0 Å². The van der Waals surface area contributed by atoms with Crippen LogP contribution in [0.4, 0.5) is 11.5 Å². The monoisotopic (exact) mass is 486 g/mol. The van der Waals surface area contributed by atoms with E-state index in [-0.39, 0.29) is 36.4 Å². The number of aliphatic hydroxyl groups is 1. The van der Waals surface area contributed by atoms with Crippen LogP contribution in [0, 0.1) is 10.1 Å². The smallest absolute Gasteiger partial charge is 0.287 e. The highest BCUT2D eigenvalue weighted by atomic mass is 16.7. The van der Waals surface area contributed by atoms with E-state index in [1.807, 2.05) is 24.3 Å². The van der Waals surface area contributed by atoms with Gasteiger partial charge in [0.25, 0.3) is 11.6 Å². The number of nitrogens with zero attached hydrogens (tertiary/aromatic N) is 2. The van der Waals surface area contributed by atoms with Crippen molar-refractivity contribution in [3.05, 3.63) is 70.1 Å². The molecule has 0 saturated carbocycles. The number of carbonyl (C=O) groups is 1. The van der Waals surface area contributed by atoms with Gasteiger partial charge in [-0.15, -0.1) is 0 Å². The summed E-state index contributed by atoms with van der Waals surface area (Å²) >= 11 is 0. The van der Waals surface area contributed by atoms with Gasteiger partial charge in [-0.1, -0.05) is 12.1 Å². The Balaban J connectivity index is 1.58. The van der Waals surface area contributed by atoms with E-state index in [1.165, 1.54) is 18.3 Å². The second-order valence-electron chi connectivity index (χ2n) is 7.84. The lowest BCUT2D eigenvalue weighted by Crippen LogP contribution is -2.35. The van der Waals surface area contributed by atoms with Gasteiger partial charge in [-0.05, 0) is 42.7 Å². The van der Waals surface area contributed by atoms with Crippen LogP contribution in [-0.4, -0.2) is 60.6 Å². The molecule has 2 aromatic rings. The summed E-state index contributed by atoms with van der Waals surface area (Å²) in [6, 6.07) is 10.5. The van der Waals surface area contributed by atoms with Crippen molar-refractivity contribution in [3.63, 3.8) is 0 Å². The van der Waals surface area contributed by atoms with Crippen molar-refractivity contribution in [2.24, 2.45) is 0 Å². The molecule has 35 heavy (non-hydrogen) atoms. The molecule has 0 bridgehead atoms. The van der Waals surface area contributed by atoms with Gasteiger partial charge in [0.2, 0.25) is 6.29 Å². The number of anilines is 1. The number of hydrogen-bond acceptors (Lipinski definition) is 9. The summed E-state index contributed by atoms with van der Waals surface area (Å²) < 4.78 is 16.9. The summed E-state index contributed by atoms with van der Waals surface area (Å²) in [4.78, 5) is 27.0. The number of unbranched alkanes of at least 4 members (excludes halogenated alkanes) is 1. The Morgan fingerprint density at radius 1 is 1.23 bits per heavy atom. The Morgan fingerprint density at radius 2 is 2.03 bits per heavy atom. The molecule has 3 rings (SSSR count). The van der Waals surface area contributed by atoms with Crippen molar-refractivity contribution in [1.29, 1.82) is 0 Å². The fourth-order valence-electron chi connectivity index (χ4n) is 3.48. The summed E-state index contributed by atoms with van der Waals surface area (Å²) in [6.45, 7) is 1.17. The minimum atomic E-state index is -0.589. The zero-order chi connectivity index (χ0) is 25.0. The van der Waals surface area contributed by atoms with E-state index in [0.717, 1.165) is 11.3 Å². The molecule has 1 aliphatic rings. The minimum absolute atomic E-state index is 0.0827. The van der Waals surface area contributed by atoms with Gasteiger partial charge in [-0.2, -0.15) is 0 Å². The number of ether oxygens (including phenoxy) is 3. The van der Waals surface area contributed by atoms with Gasteiger partial charge in [0, 0.05) is 38.1 Å². The Morgan fingerprint density at radius 3 is 2.69 bits per heavy atom. The molecule has 3 N–H and O–H groups in total. The van der Waals surface area contributed by atoms with E-state index in [4.69, 9.17) is 19.3 Å². The highest BCUT2D eigenvalue weighted by Crippen LogP contribution is 2.32. The maximum atomic E-state index is 12.8. The molecule has 1 aromatic carbocycles. The fraction of sp³-hybridized carbons (Fsp3) is 0.417. The largest absolute Gasteiger partial charge is 0.497 e. The first kappa shape index (κ1) is 25.9. The second-order valence-corrected chi connectivity index (χ2v) is 7.84. The van der Waals surface area contributed by atoms with Crippen molar-refractivity contribution in [3.8, 4) is 5.75 Å². The number of carbonyl (C=O) groups excluding carboxylic acids is 1. The molecule has 0 fully saturated rings. The van der Waals surface area contributed by atoms with Crippen LogP contribution >= 0.6 is 0 Å². The first-order valence-electron chi connectivity index (χ1n) is 11.4. The number of pyridine rings is 1.